The number of halogens is 1. The summed E-state index contributed by atoms with van der Waals surface area (Å²) in [5.41, 5.74) is 2.33. The van der Waals surface area contributed by atoms with Gasteiger partial charge in [-0.25, -0.2) is 0 Å². The van der Waals surface area contributed by atoms with Crippen molar-refractivity contribution in [1.29, 1.82) is 0 Å². The number of carbonyl (C=O) groups is 1. The average molecular weight is 363 g/mol. The number of benzene rings is 2. The molecule has 128 valence electrons. The molecule has 0 bridgehead atoms. The summed E-state index contributed by atoms with van der Waals surface area (Å²) in [6.07, 6.45) is 1.80. The molecule has 4 nitrogen and oxygen atoms in total. The summed E-state index contributed by atoms with van der Waals surface area (Å²) in [6, 6.07) is 19.8. The Labute approximate surface area is 154 Å². The summed E-state index contributed by atoms with van der Waals surface area (Å²) in [4.78, 5) is 28.0. The Bertz CT molecular complexity index is 1160. The van der Waals surface area contributed by atoms with Crippen LogP contribution in [0, 0.1) is 0 Å². The van der Waals surface area contributed by atoms with Crippen molar-refractivity contribution in [2.24, 2.45) is 0 Å². The molecule has 0 atom stereocenters. The minimum absolute atomic E-state index is 0.108. The quantitative estimate of drug-likeness (QED) is 0.551. The first kappa shape index (κ1) is 16.4. The predicted molar refractivity (Wildman–Crippen MR) is 103 cm³/mol. The first-order valence-corrected chi connectivity index (χ1v) is 8.56. The average Bonchev–Trinajstić information content (AvgIpc) is 3.10. The van der Waals surface area contributed by atoms with Crippen LogP contribution in [-0.2, 0) is 6.54 Å². The highest BCUT2D eigenvalue weighted by molar-refractivity contribution is 6.30. The molecule has 2 aromatic heterocycles. The Morgan fingerprint density at radius 2 is 1.77 bits per heavy atom. The Kier molecular flexibility index (Phi) is 4.19. The molecule has 0 amide bonds. The van der Waals surface area contributed by atoms with E-state index in [9.17, 15) is 9.59 Å². The molecular formula is C21H15ClN2O2. The summed E-state index contributed by atoms with van der Waals surface area (Å²) in [5, 5.41) is 1.54. The van der Waals surface area contributed by atoms with Gasteiger partial charge in [-0.05, 0) is 53.9 Å². The van der Waals surface area contributed by atoms with Gasteiger partial charge < -0.3 is 9.55 Å². The third-order valence-electron chi connectivity index (χ3n) is 4.34. The van der Waals surface area contributed by atoms with Crippen molar-refractivity contribution < 1.29 is 4.79 Å². The lowest BCUT2D eigenvalue weighted by atomic mass is 10.1. The summed E-state index contributed by atoms with van der Waals surface area (Å²) < 4.78 is 1.79. The number of nitrogens with one attached hydrogen (secondary N) is 1. The van der Waals surface area contributed by atoms with Crippen LogP contribution < -0.4 is 5.56 Å². The first-order chi connectivity index (χ1) is 12.6. The van der Waals surface area contributed by atoms with E-state index < -0.39 is 0 Å². The van der Waals surface area contributed by atoms with Gasteiger partial charge in [0.15, 0.2) is 0 Å². The van der Waals surface area contributed by atoms with E-state index in [0.717, 1.165) is 10.9 Å². The van der Waals surface area contributed by atoms with Crippen molar-refractivity contribution in [2.75, 3.05) is 0 Å². The van der Waals surface area contributed by atoms with Gasteiger partial charge in [0.05, 0.1) is 12.2 Å². The van der Waals surface area contributed by atoms with Gasteiger partial charge in [0.25, 0.3) is 5.56 Å². The molecule has 0 radical (unpaired) electrons. The first-order valence-electron chi connectivity index (χ1n) is 8.18. The molecule has 5 heteroatoms. The molecular weight excluding hydrogens is 348 g/mol. The fourth-order valence-electron chi connectivity index (χ4n) is 3.00. The van der Waals surface area contributed by atoms with E-state index in [4.69, 9.17) is 11.6 Å². The van der Waals surface area contributed by atoms with Gasteiger partial charge in [-0.1, -0.05) is 29.8 Å². The second kappa shape index (κ2) is 6.65. The van der Waals surface area contributed by atoms with Gasteiger partial charge in [0, 0.05) is 27.9 Å². The Morgan fingerprint density at radius 3 is 2.58 bits per heavy atom. The van der Waals surface area contributed by atoms with Crippen molar-refractivity contribution in [1.82, 2.24) is 9.55 Å². The number of ketones is 1. The van der Waals surface area contributed by atoms with Crippen LogP contribution in [0.3, 0.4) is 0 Å². The molecule has 0 aliphatic heterocycles. The number of hydrogen-bond acceptors (Lipinski definition) is 2. The molecule has 0 aliphatic rings. The summed E-state index contributed by atoms with van der Waals surface area (Å²) in [6.45, 7) is 0.321. The number of rotatable bonds is 4. The van der Waals surface area contributed by atoms with Gasteiger partial charge in [0.2, 0.25) is 5.78 Å². The molecule has 4 aromatic rings. The van der Waals surface area contributed by atoms with Crippen molar-refractivity contribution in [3.63, 3.8) is 0 Å². The van der Waals surface area contributed by atoms with E-state index >= 15 is 0 Å². The van der Waals surface area contributed by atoms with Crippen LogP contribution in [0.4, 0.5) is 0 Å². The number of H-pyrrole nitrogens is 1. The standard InChI is InChI=1S/C21H15ClN2O2/c22-17-9-7-14(8-10-17)20(25)19-6-3-11-24(19)13-16-12-15-4-1-2-5-18(15)23-21(16)26/h1-12H,13H2,(H,23,26). The Balaban J connectivity index is 1.69. The number of hydrogen-bond donors (Lipinski definition) is 1. The Hall–Kier alpha value is -3.11. The van der Waals surface area contributed by atoms with Crippen LogP contribution in [0.25, 0.3) is 10.9 Å². The number of aromatic nitrogens is 2. The second-order valence-corrected chi connectivity index (χ2v) is 6.50. The molecule has 0 saturated heterocycles. The summed E-state index contributed by atoms with van der Waals surface area (Å²) in [7, 11) is 0. The second-order valence-electron chi connectivity index (χ2n) is 6.07. The molecule has 0 fully saturated rings. The lowest BCUT2D eigenvalue weighted by Crippen LogP contribution is -2.18. The van der Waals surface area contributed by atoms with Gasteiger partial charge in [-0.3, -0.25) is 9.59 Å². The van der Waals surface area contributed by atoms with Gasteiger partial charge >= 0.3 is 0 Å². The number of carbonyl (C=O) groups excluding carboxylic acids is 1. The molecule has 0 spiro atoms. The lowest BCUT2D eigenvalue weighted by Gasteiger charge is -2.09. The van der Waals surface area contributed by atoms with E-state index in [2.05, 4.69) is 4.98 Å². The highest BCUT2D eigenvalue weighted by atomic mass is 35.5. The Morgan fingerprint density at radius 1 is 1.00 bits per heavy atom. The monoisotopic (exact) mass is 362 g/mol. The van der Waals surface area contributed by atoms with Crippen molar-refractivity contribution in [3.05, 3.63) is 105 Å². The third kappa shape index (κ3) is 3.07. The predicted octanol–water partition coefficient (Wildman–Crippen LogP) is 4.26. The molecule has 2 aromatic carbocycles. The van der Waals surface area contributed by atoms with Crippen LogP contribution in [0.15, 0.2) is 77.7 Å². The van der Waals surface area contributed by atoms with E-state index in [0.29, 0.717) is 28.4 Å². The summed E-state index contributed by atoms with van der Waals surface area (Å²) in [5.74, 6) is -0.108. The van der Waals surface area contributed by atoms with E-state index in [1.807, 2.05) is 30.3 Å². The van der Waals surface area contributed by atoms with Gasteiger partial charge in [0.1, 0.15) is 0 Å². The highest BCUT2D eigenvalue weighted by Crippen LogP contribution is 2.16. The fourth-order valence-corrected chi connectivity index (χ4v) is 3.13. The van der Waals surface area contributed by atoms with Crippen LogP contribution in [0.2, 0.25) is 5.02 Å². The fraction of sp³-hybridized carbons (Fsp3) is 0.0476. The maximum absolute atomic E-state index is 12.8. The molecule has 26 heavy (non-hydrogen) atoms. The number of fused-ring (bicyclic) bond motifs is 1. The van der Waals surface area contributed by atoms with E-state index in [1.54, 1.807) is 47.2 Å². The minimum atomic E-state index is -0.151. The number of pyridine rings is 1. The largest absolute Gasteiger partial charge is 0.340 e. The minimum Gasteiger partial charge on any atom is -0.340 e. The zero-order valence-corrected chi connectivity index (χ0v) is 14.5. The number of nitrogens with zero attached hydrogens (tertiary/aromatic N) is 1. The van der Waals surface area contributed by atoms with Crippen LogP contribution in [0.1, 0.15) is 21.6 Å². The SMILES string of the molecule is O=C(c1ccc(Cl)cc1)c1cccn1Cc1cc2ccccc2[nH]c1=O. The van der Waals surface area contributed by atoms with E-state index in [1.165, 1.54) is 0 Å². The molecule has 0 aliphatic carbocycles. The zero-order chi connectivity index (χ0) is 18.1. The summed E-state index contributed by atoms with van der Waals surface area (Å²) >= 11 is 5.89. The third-order valence-corrected chi connectivity index (χ3v) is 4.59. The van der Waals surface area contributed by atoms with E-state index in [-0.39, 0.29) is 11.3 Å². The molecule has 4 rings (SSSR count). The highest BCUT2D eigenvalue weighted by Gasteiger charge is 2.14. The van der Waals surface area contributed by atoms with Crippen LogP contribution in [-0.4, -0.2) is 15.3 Å². The van der Waals surface area contributed by atoms with Crippen LogP contribution >= 0.6 is 11.6 Å². The lowest BCUT2D eigenvalue weighted by molar-refractivity contribution is 0.103. The van der Waals surface area contributed by atoms with Crippen molar-refractivity contribution in [3.8, 4) is 0 Å². The van der Waals surface area contributed by atoms with Crippen molar-refractivity contribution in [2.45, 2.75) is 6.54 Å². The maximum atomic E-state index is 12.8. The topological polar surface area (TPSA) is 54.9 Å². The molecule has 0 unspecified atom stereocenters. The normalized spacial score (nSPS) is 11.0. The van der Waals surface area contributed by atoms with Gasteiger partial charge in [-0.15, -0.1) is 0 Å². The van der Waals surface area contributed by atoms with Crippen LogP contribution in [0.5, 0.6) is 0 Å². The number of aromatic amines is 1. The van der Waals surface area contributed by atoms with Gasteiger partial charge in [-0.2, -0.15) is 0 Å². The molecule has 2 heterocycles. The zero-order valence-electron chi connectivity index (χ0n) is 13.8. The maximum Gasteiger partial charge on any atom is 0.253 e. The molecule has 1 N–H and O–H groups in total. The molecule has 0 saturated carbocycles. The smallest absolute Gasteiger partial charge is 0.253 e. The van der Waals surface area contributed by atoms with Crippen molar-refractivity contribution >= 4 is 28.3 Å². The number of para-hydroxylation sites is 1.